The minimum atomic E-state index is 0.456. The van der Waals surface area contributed by atoms with E-state index in [0.717, 1.165) is 36.3 Å². The van der Waals surface area contributed by atoms with Crippen LogP contribution in [-0.4, -0.2) is 36.1 Å². The lowest BCUT2D eigenvalue weighted by Crippen LogP contribution is -2.41. The van der Waals surface area contributed by atoms with Gasteiger partial charge in [-0.2, -0.15) is 0 Å². The molecule has 2 heterocycles. The van der Waals surface area contributed by atoms with E-state index in [9.17, 15) is 0 Å². The zero-order valence-electron chi connectivity index (χ0n) is 13.5. The SMILES string of the molecule is CNC(C)C1CCN(c2nc(C)cc(C(C)C)n2)CC1. The van der Waals surface area contributed by atoms with Crippen molar-refractivity contribution in [1.82, 2.24) is 15.3 Å². The second kappa shape index (κ2) is 6.53. The standard InChI is InChI=1S/C16H28N4/c1-11(2)15-10-12(3)18-16(19-15)20-8-6-14(7-9-20)13(4)17-5/h10-11,13-14,17H,6-9H2,1-5H3. The molecule has 1 saturated heterocycles. The molecule has 0 radical (unpaired) electrons. The zero-order chi connectivity index (χ0) is 14.7. The molecule has 1 aromatic heterocycles. The first-order valence-corrected chi connectivity index (χ1v) is 7.79. The van der Waals surface area contributed by atoms with Gasteiger partial charge in [-0.15, -0.1) is 0 Å². The van der Waals surface area contributed by atoms with Gasteiger partial charge in [-0.05, 0) is 51.6 Å². The Balaban J connectivity index is 2.07. The molecule has 0 aromatic carbocycles. The van der Waals surface area contributed by atoms with Crippen LogP contribution in [0.5, 0.6) is 0 Å². The fourth-order valence-electron chi connectivity index (χ4n) is 2.85. The maximum atomic E-state index is 4.75. The van der Waals surface area contributed by atoms with Crippen molar-refractivity contribution in [1.29, 1.82) is 0 Å². The molecule has 0 amide bonds. The Bertz CT molecular complexity index is 436. The van der Waals surface area contributed by atoms with Crippen LogP contribution in [0, 0.1) is 12.8 Å². The average Bonchev–Trinajstić information content (AvgIpc) is 2.46. The first kappa shape index (κ1) is 15.2. The number of hydrogen-bond acceptors (Lipinski definition) is 4. The number of aromatic nitrogens is 2. The van der Waals surface area contributed by atoms with Gasteiger partial charge in [0.15, 0.2) is 0 Å². The largest absolute Gasteiger partial charge is 0.341 e. The number of hydrogen-bond donors (Lipinski definition) is 1. The third-order valence-corrected chi connectivity index (χ3v) is 4.44. The smallest absolute Gasteiger partial charge is 0.225 e. The molecule has 0 bridgehead atoms. The fraction of sp³-hybridized carbons (Fsp3) is 0.750. The van der Waals surface area contributed by atoms with Gasteiger partial charge in [-0.1, -0.05) is 13.8 Å². The van der Waals surface area contributed by atoms with Gasteiger partial charge in [0.05, 0.1) is 0 Å². The van der Waals surface area contributed by atoms with Gasteiger partial charge in [0, 0.05) is 30.5 Å². The number of anilines is 1. The molecule has 1 atom stereocenters. The Morgan fingerprint density at radius 3 is 2.40 bits per heavy atom. The van der Waals surface area contributed by atoms with Crippen LogP contribution in [0.1, 0.15) is 50.9 Å². The number of piperidine rings is 1. The maximum Gasteiger partial charge on any atom is 0.225 e. The van der Waals surface area contributed by atoms with Crippen LogP contribution in [0.4, 0.5) is 5.95 Å². The van der Waals surface area contributed by atoms with Crippen molar-refractivity contribution in [3.8, 4) is 0 Å². The molecule has 1 N–H and O–H groups in total. The van der Waals surface area contributed by atoms with E-state index in [4.69, 9.17) is 4.98 Å². The van der Waals surface area contributed by atoms with Crippen molar-refractivity contribution in [2.24, 2.45) is 5.92 Å². The highest BCUT2D eigenvalue weighted by molar-refractivity contribution is 5.33. The number of rotatable bonds is 4. The van der Waals surface area contributed by atoms with Crippen LogP contribution in [0.25, 0.3) is 0 Å². The van der Waals surface area contributed by atoms with Crippen LogP contribution in [0.2, 0.25) is 0 Å². The summed E-state index contributed by atoms with van der Waals surface area (Å²) >= 11 is 0. The van der Waals surface area contributed by atoms with Crippen molar-refractivity contribution in [3.63, 3.8) is 0 Å². The predicted molar refractivity (Wildman–Crippen MR) is 84.3 cm³/mol. The summed E-state index contributed by atoms with van der Waals surface area (Å²) in [6.45, 7) is 10.8. The van der Waals surface area contributed by atoms with E-state index >= 15 is 0 Å². The van der Waals surface area contributed by atoms with E-state index < -0.39 is 0 Å². The van der Waals surface area contributed by atoms with E-state index in [0.29, 0.717) is 12.0 Å². The third-order valence-electron chi connectivity index (χ3n) is 4.44. The molecule has 1 aliphatic rings. The third kappa shape index (κ3) is 3.48. The van der Waals surface area contributed by atoms with E-state index in [1.807, 2.05) is 0 Å². The molecular weight excluding hydrogens is 248 g/mol. The van der Waals surface area contributed by atoms with Crippen LogP contribution < -0.4 is 10.2 Å². The first-order valence-electron chi connectivity index (χ1n) is 7.79. The molecule has 1 fully saturated rings. The van der Waals surface area contributed by atoms with Crippen LogP contribution in [0.3, 0.4) is 0 Å². The molecule has 4 nitrogen and oxygen atoms in total. The van der Waals surface area contributed by atoms with E-state index in [1.54, 1.807) is 0 Å². The Hall–Kier alpha value is -1.16. The van der Waals surface area contributed by atoms with Crippen LogP contribution in [-0.2, 0) is 0 Å². The number of aryl methyl sites for hydroxylation is 1. The van der Waals surface area contributed by atoms with Gasteiger partial charge in [0.1, 0.15) is 0 Å². The van der Waals surface area contributed by atoms with Crippen LogP contribution >= 0.6 is 0 Å². The summed E-state index contributed by atoms with van der Waals surface area (Å²) in [5.74, 6) is 2.15. The highest BCUT2D eigenvalue weighted by Crippen LogP contribution is 2.24. The summed E-state index contributed by atoms with van der Waals surface area (Å²) in [5.41, 5.74) is 2.22. The second-order valence-corrected chi connectivity index (χ2v) is 6.29. The summed E-state index contributed by atoms with van der Waals surface area (Å²) in [6.07, 6.45) is 2.44. The molecule has 0 aliphatic carbocycles. The van der Waals surface area contributed by atoms with Crippen molar-refractivity contribution in [3.05, 3.63) is 17.5 Å². The molecule has 1 unspecified atom stereocenters. The lowest BCUT2D eigenvalue weighted by atomic mass is 9.90. The predicted octanol–water partition coefficient (Wildman–Crippen LogP) is 2.73. The lowest BCUT2D eigenvalue weighted by molar-refractivity contribution is 0.322. The fourth-order valence-corrected chi connectivity index (χ4v) is 2.85. The summed E-state index contributed by atoms with van der Waals surface area (Å²) in [4.78, 5) is 11.7. The van der Waals surface area contributed by atoms with Gasteiger partial charge in [-0.25, -0.2) is 9.97 Å². The Labute approximate surface area is 123 Å². The number of nitrogens with zero attached hydrogens (tertiary/aromatic N) is 3. The Morgan fingerprint density at radius 2 is 1.85 bits per heavy atom. The quantitative estimate of drug-likeness (QED) is 0.918. The molecule has 1 aromatic rings. The van der Waals surface area contributed by atoms with Crippen molar-refractivity contribution in [2.45, 2.75) is 52.5 Å². The maximum absolute atomic E-state index is 4.75. The molecule has 2 rings (SSSR count). The second-order valence-electron chi connectivity index (χ2n) is 6.29. The van der Waals surface area contributed by atoms with E-state index in [-0.39, 0.29) is 0 Å². The normalized spacial score (nSPS) is 18.6. The van der Waals surface area contributed by atoms with Gasteiger partial charge < -0.3 is 10.2 Å². The topological polar surface area (TPSA) is 41.0 Å². The highest BCUT2D eigenvalue weighted by Gasteiger charge is 2.24. The van der Waals surface area contributed by atoms with Crippen LogP contribution in [0.15, 0.2) is 6.07 Å². The lowest BCUT2D eigenvalue weighted by Gasteiger charge is -2.35. The molecule has 4 heteroatoms. The molecule has 20 heavy (non-hydrogen) atoms. The summed E-state index contributed by atoms with van der Waals surface area (Å²) < 4.78 is 0. The molecule has 1 aliphatic heterocycles. The van der Waals surface area contributed by atoms with Crippen molar-refractivity contribution < 1.29 is 0 Å². The van der Waals surface area contributed by atoms with E-state index in [1.165, 1.54) is 12.8 Å². The molecular formula is C16H28N4. The average molecular weight is 276 g/mol. The summed E-state index contributed by atoms with van der Waals surface area (Å²) in [7, 11) is 2.05. The Morgan fingerprint density at radius 1 is 1.20 bits per heavy atom. The van der Waals surface area contributed by atoms with Gasteiger partial charge in [0.2, 0.25) is 5.95 Å². The molecule has 0 saturated carbocycles. The molecule has 0 spiro atoms. The minimum Gasteiger partial charge on any atom is -0.341 e. The Kier molecular flexibility index (Phi) is 4.97. The van der Waals surface area contributed by atoms with Crippen molar-refractivity contribution >= 4 is 5.95 Å². The molecule has 112 valence electrons. The van der Waals surface area contributed by atoms with E-state index in [2.05, 4.69) is 56.0 Å². The zero-order valence-corrected chi connectivity index (χ0v) is 13.5. The number of nitrogens with one attached hydrogen (secondary N) is 1. The summed E-state index contributed by atoms with van der Waals surface area (Å²) in [6, 6.07) is 2.70. The minimum absolute atomic E-state index is 0.456. The first-order chi connectivity index (χ1) is 9.51. The monoisotopic (exact) mass is 276 g/mol. The summed E-state index contributed by atoms with van der Waals surface area (Å²) in [5, 5.41) is 3.37. The van der Waals surface area contributed by atoms with Gasteiger partial charge in [-0.3, -0.25) is 0 Å². The van der Waals surface area contributed by atoms with Gasteiger partial charge in [0.25, 0.3) is 0 Å². The van der Waals surface area contributed by atoms with Crippen molar-refractivity contribution in [2.75, 3.05) is 25.0 Å². The van der Waals surface area contributed by atoms with Gasteiger partial charge >= 0.3 is 0 Å². The highest BCUT2D eigenvalue weighted by atomic mass is 15.3.